The van der Waals surface area contributed by atoms with E-state index in [9.17, 15) is 14.4 Å². The molecule has 0 aliphatic heterocycles. The van der Waals surface area contributed by atoms with Crippen molar-refractivity contribution < 1.29 is 23.9 Å². The van der Waals surface area contributed by atoms with Gasteiger partial charge in [0.2, 0.25) is 5.91 Å². The molecule has 0 atom stereocenters. The molecule has 2 aromatic carbocycles. The summed E-state index contributed by atoms with van der Waals surface area (Å²) in [6.07, 6.45) is 0.994. The van der Waals surface area contributed by atoms with Crippen LogP contribution in [0.4, 0.5) is 0 Å². The second kappa shape index (κ2) is 11.1. The van der Waals surface area contributed by atoms with Gasteiger partial charge in [-0.15, -0.1) is 11.8 Å². The van der Waals surface area contributed by atoms with Gasteiger partial charge in [0.15, 0.2) is 4.80 Å². The first kappa shape index (κ1) is 23.7. The molecule has 168 valence electrons. The van der Waals surface area contributed by atoms with Gasteiger partial charge in [-0.3, -0.25) is 9.59 Å². The van der Waals surface area contributed by atoms with Crippen molar-refractivity contribution in [3.63, 3.8) is 0 Å². The minimum absolute atomic E-state index is 0.0799. The number of fused-ring (bicyclic) bond motifs is 1. The number of aryl methyl sites for hydroxylation is 1. The van der Waals surface area contributed by atoms with Crippen LogP contribution < -0.4 is 4.80 Å². The number of nitrogens with zero attached hydrogens (tertiary/aromatic N) is 2. The molecule has 0 unspecified atom stereocenters. The zero-order valence-corrected chi connectivity index (χ0v) is 19.8. The maximum Gasteiger partial charge on any atom is 0.337 e. The average molecular weight is 473 g/mol. The Hall–Kier alpha value is -2.91. The van der Waals surface area contributed by atoms with E-state index in [4.69, 9.17) is 9.47 Å². The second-order valence-electron chi connectivity index (χ2n) is 6.99. The summed E-state index contributed by atoms with van der Waals surface area (Å²) >= 11 is 2.94. The first-order valence-electron chi connectivity index (χ1n) is 9.97. The van der Waals surface area contributed by atoms with E-state index < -0.39 is 11.9 Å². The summed E-state index contributed by atoms with van der Waals surface area (Å²) in [6.45, 7) is 1.97. The van der Waals surface area contributed by atoms with Crippen molar-refractivity contribution in [2.75, 3.05) is 20.0 Å². The molecular formula is C23H24N2O5S2. The Morgan fingerprint density at radius 2 is 1.81 bits per heavy atom. The highest BCUT2D eigenvalue weighted by Gasteiger charge is 2.14. The number of methoxy groups -OCH3 is 2. The molecule has 3 aromatic rings. The molecule has 0 spiro atoms. The van der Waals surface area contributed by atoms with Crippen molar-refractivity contribution in [2.24, 2.45) is 4.99 Å². The molecule has 0 N–H and O–H groups in total. The Morgan fingerprint density at radius 3 is 2.50 bits per heavy atom. The van der Waals surface area contributed by atoms with E-state index in [1.54, 1.807) is 34.5 Å². The van der Waals surface area contributed by atoms with Crippen LogP contribution >= 0.6 is 23.1 Å². The van der Waals surface area contributed by atoms with Crippen molar-refractivity contribution in [3.05, 3.63) is 58.4 Å². The minimum Gasteiger partial charge on any atom is -0.468 e. The van der Waals surface area contributed by atoms with Crippen LogP contribution in [0.1, 0.15) is 28.8 Å². The third-order valence-electron chi connectivity index (χ3n) is 4.66. The van der Waals surface area contributed by atoms with Crippen LogP contribution in [-0.2, 0) is 25.6 Å². The first-order valence-corrected chi connectivity index (χ1v) is 11.8. The van der Waals surface area contributed by atoms with Gasteiger partial charge in [0.1, 0.15) is 6.54 Å². The Labute approximate surface area is 194 Å². The van der Waals surface area contributed by atoms with Gasteiger partial charge < -0.3 is 14.0 Å². The van der Waals surface area contributed by atoms with Gasteiger partial charge in [0, 0.05) is 11.3 Å². The van der Waals surface area contributed by atoms with Gasteiger partial charge in [-0.2, -0.15) is 4.99 Å². The fourth-order valence-corrected chi connectivity index (χ4v) is 4.90. The molecule has 0 fully saturated rings. The second-order valence-corrected chi connectivity index (χ2v) is 9.17. The maximum absolute atomic E-state index is 12.5. The molecule has 1 aromatic heterocycles. The summed E-state index contributed by atoms with van der Waals surface area (Å²) in [7, 11) is 2.62. The topological polar surface area (TPSA) is 87.0 Å². The van der Waals surface area contributed by atoms with Crippen LogP contribution in [0.25, 0.3) is 10.2 Å². The Kier molecular flexibility index (Phi) is 8.24. The number of hydrogen-bond donors (Lipinski definition) is 0. The van der Waals surface area contributed by atoms with Crippen molar-refractivity contribution in [1.82, 2.24) is 4.57 Å². The summed E-state index contributed by atoms with van der Waals surface area (Å²) in [4.78, 5) is 42.1. The number of amides is 1. The van der Waals surface area contributed by atoms with E-state index in [0.29, 0.717) is 28.7 Å². The fourth-order valence-electron chi connectivity index (χ4n) is 2.96. The van der Waals surface area contributed by atoms with Crippen molar-refractivity contribution in [3.8, 4) is 0 Å². The number of carbonyl (C=O) groups is 3. The average Bonchev–Trinajstić information content (AvgIpc) is 3.13. The summed E-state index contributed by atoms with van der Waals surface area (Å²) in [5.74, 6) is -0.361. The number of ether oxygens (including phenoxy) is 2. The molecule has 0 aliphatic rings. The first-order chi connectivity index (χ1) is 15.4. The number of esters is 2. The molecule has 7 nitrogen and oxygen atoms in total. The van der Waals surface area contributed by atoms with E-state index >= 15 is 0 Å². The highest BCUT2D eigenvalue weighted by atomic mass is 32.2. The van der Waals surface area contributed by atoms with Gasteiger partial charge >= 0.3 is 11.9 Å². The Morgan fingerprint density at radius 1 is 1.06 bits per heavy atom. The number of aromatic nitrogens is 1. The van der Waals surface area contributed by atoms with Crippen LogP contribution in [0.3, 0.4) is 0 Å². The predicted octanol–water partition coefficient (Wildman–Crippen LogP) is 3.97. The van der Waals surface area contributed by atoms with E-state index in [1.165, 1.54) is 36.0 Å². The third kappa shape index (κ3) is 6.08. The molecule has 0 bridgehead atoms. The van der Waals surface area contributed by atoms with E-state index in [2.05, 4.69) is 29.3 Å². The number of hydrogen-bond acceptors (Lipinski definition) is 7. The van der Waals surface area contributed by atoms with Gasteiger partial charge in [0.05, 0.1) is 30.0 Å². The Bertz CT molecular complexity index is 1200. The number of carbonyl (C=O) groups excluding carboxylic acids is 3. The van der Waals surface area contributed by atoms with Crippen LogP contribution in [0, 0.1) is 6.92 Å². The summed E-state index contributed by atoms with van der Waals surface area (Å²) in [6, 6.07) is 13.3. The number of benzene rings is 2. The highest BCUT2D eigenvalue weighted by molar-refractivity contribution is 7.99. The maximum atomic E-state index is 12.5. The fraction of sp³-hybridized carbons (Fsp3) is 0.304. The normalized spacial score (nSPS) is 11.5. The number of thioether (sulfide) groups is 1. The SMILES string of the molecule is COC(=O)Cn1c(=NC(=O)CCCSc2ccc(C)cc2)sc2cc(C(=O)OC)ccc21. The molecule has 0 saturated carbocycles. The summed E-state index contributed by atoms with van der Waals surface area (Å²) in [5.41, 5.74) is 2.29. The van der Waals surface area contributed by atoms with Crippen molar-refractivity contribution >= 4 is 51.2 Å². The lowest BCUT2D eigenvalue weighted by atomic mass is 10.2. The number of thiazole rings is 1. The van der Waals surface area contributed by atoms with E-state index in [1.807, 2.05) is 6.92 Å². The lowest BCUT2D eigenvalue weighted by Gasteiger charge is -2.04. The number of rotatable bonds is 8. The van der Waals surface area contributed by atoms with Crippen LogP contribution in [-0.4, -0.2) is 42.4 Å². The zero-order valence-electron chi connectivity index (χ0n) is 18.1. The third-order valence-corrected chi connectivity index (χ3v) is 6.80. The largest absolute Gasteiger partial charge is 0.468 e. The standard InChI is InChI=1S/C23H24N2O5S2/c1-15-6-9-17(10-7-15)31-12-4-5-20(26)24-23-25(14-21(27)29-2)18-11-8-16(22(28)30-3)13-19(18)32-23/h6-11,13H,4-5,12,14H2,1-3H3. The molecular weight excluding hydrogens is 448 g/mol. The van der Waals surface area contributed by atoms with Gasteiger partial charge in [-0.1, -0.05) is 29.0 Å². The molecule has 0 aliphatic carbocycles. The van der Waals surface area contributed by atoms with E-state index in [-0.39, 0.29) is 12.5 Å². The van der Waals surface area contributed by atoms with Crippen LogP contribution in [0.5, 0.6) is 0 Å². The molecule has 1 heterocycles. The van der Waals surface area contributed by atoms with Gasteiger partial charge in [-0.05, 0) is 49.4 Å². The smallest absolute Gasteiger partial charge is 0.337 e. The van der Waals surface area contributed by atoms with Gasteiger partial charge in [0.25, 0.3) is 0 Å². The quantitative estimate of drug-likeness (QED) is 0.280. The van der Waals surface area contributed by atoms with Crippen LogP contribution in [0.15, 0.2) is 52.4 Å². The molecule has 32 heavy (non-hydrogen) atoms. The molecule has 9 heteroatoms. The zero-order chi connectivity index (χ0) is 23.1. The van der Waals surface area contributed by atoms with Crippen LogP contribution in [0.2, 0.25) is 0 Å². The predicted molar refractivity (Wildman–Crippen MR) is 125 cm³/mol. The Balaban J connectivity index is 1.77. The summed E-state index contributed by atoms with van der Waals surface area (Å²) in [5, 5.41) is 0. The lowest BCUT2D eigenvalue weighted by Crippen LogP contribution is -2.22. The molecule has 3 rings (SSSR count). The van der Waals surface area contributed by atoms with Crippen molar-refractivity contribution in [1.29, 1.82) is 0 Å². The van der Waals surface area contributed by atoms with Crippen molar-refractivity contribution in [2.45, 2.75) is 31.2 Å². The summed E-state index contributed by atoms with van der Waals surface area (Å²) < 4.78 is 11.9. The molecule has 1 amide bonds. The van der Waals surface area contributed by atoms with E-state index in [0.717, 1.165) is 10.5 Å². The minimum atomic E-state index is -0.458. The molecule has 0 saturated heterocycles. The monoisotopic (exact) mass is 472 g/mol. The lowest BCUT2D eigenvalue weighted by molar-refractivity contribution is -0.141. The van der Waals surface area contributed by atoms with Gasteiger partial charge in [-0.25, -0.2) is 4.79 Å². The molecule has 0 radical (unpaired) electrons. The highest BCUT2D eigenvalue weighted by Crippen LogP contribution is 2.21.